The van der Waals surface area contributed by atoms with Crippen molar-refractivity contribution in [1.82, 2.24) is 4.90 Å². The summed E-state index contributed by atoms with van der Waals surface area (Å²) in [5.74, 6) is 0.699. The Labute approximate surface area is 78.6 Å². The fourth-order valence-corrected chi connectivity index (χ4v) is 1.88. The minimum absolute atomic E-state index is 0. The molecule has 62 valence electrons. The zero-order valence-corrected chi connectivity index (χ0v) is 7.60. The first kappa shape index (κ1) is 8.89. The molecule has 0 aromatic rings. The molecule has 0 saturated carbocycles. The standard InChI is InChI=1S/C9H12N.Fe/c1-7-8(2)10-5-3-9(7)4-6-10;/h2,9H,1,3-6H2;/q-1;. The Morgan fingerprint density at radius 3 is 2.18 bits per heavy atom. The van der Waals surface area contributed by atoms with E-state index < -0.39 is 0 Å². The Morgan fingerprint density at radius 1 is 1.36 bits per heavy atom. The molecule has 3 fully saturated rings. The first-order chi connectivity index (χ1) is 4.79. The summed E-state index contributed by atoms with van der Waals surface area (Å²) in [6.45, 7) is 12.1. The maximum Gasteiger partial charge on any atom is 0.0137 e. The third-order valence-corrected chi connectivity index (χ3v) is 2.66. The van der Waals surface area contributed by atoms with Crippen LogP contribution in [0.1, 0.15) is 12.8 Å². The first-order valence-electron chi connectivity index (χ1n) is 3.85. The summed E-state index contributed by atoms with van der Waals surface area (Å²) < 4.78 is 0. The predicted octanol–water partition coefficient (Wildman–Crippen LogP) is 1.58. The van der Waals surface area contributed by atoms with Crippen LogP contribution in [0.25, 0.3) is 0 Å². The topological polar surface area (TPSA) is 3.24 Å². The smallest absolute Gasteiger partial charge is 0.0137 e. The molecule has 0 aliphatic carbocycles. The van der Waals surface area contributed by atoms with Gasteiger partial charge in [-0.25, -0.2) is 0 Å². The summed E-state index contributed by atoms with van der Waals surface area (Å²) in [6.07, 6.45) is 2.53. The maximum absolute atomic E-state index is 5.81. The van der Waals surface area contributed by atoms with Gasteiger partial charge >= 0.3 is 0 Å². The molecular weight excluding hydrogens is 178 g/mol. The van der Waals surface area contributed by atoms with E-state index in [0.717, 1.165) is 18.8 Å². The number of nitrogens with zero attached hydrogens (tertiary/aromatic N) is 1. The van der Waals surface area contributed by atoms with Gasteiger partial charge in [0, 0.05) is 30.2 Å². The van der Waals surface area contributed by atoms with Crippen LogP contribution in [0.2, 0.25) is 0 Å². The first-order valence-corrected chi connectivity index (χ1v) is 3.85. The molecule has 11 heavy (non-hydrogen) atoms. The maximum atomic E-state index is 5.81. The molecule has 2 heteroatoms. The molecule has 0 aromatic carbocycles. The molecule has 3 rings (SSSR count). The molecule has 3 aliphatic rings. The fourth-order valence-electron chi connectivity index (χ4n) is 1.88. The molecule has 0 atom stereocenters. The van der Waals surface area contributed by atoms with Crippen molar-refractivity contribution >= 4 is 0 Å². The van der Waals surface area contributed by atoms with Gasteiger partial charge in [-0.1, -0.05) is 5.92 Å². The van der Waals surface area contributed by atoms with E-state index in [1.54, 1.807) is 0 Å². The number of hydrogen-bond donors (Lipinski definition) is 0. The summed E-state index contributed by atoms with van der Waals surface area (Å²) in [7, 11) is 0. The van der Waals surface area contributed by atoms with Crippen LogP contribution in [-0.4, -0.2) is 18.0 Å². The van der Waals surface area contributed by atoms with E-state index in [1.807, 2.05) is 0 Å². The van der Waals surface area contributed by atoms with Crippen molar-refractivity contribution in [3.63, 3.8) is 0 Å². The molecule has 0 radical (unpaired) electrons. The van der Waals surface area contributed by atoms with Crippen LogP contribution in [0.4, 0.5) is 0 Å². The van der Waals surface area contributed by atoms with Gasteiger partial charge in [0.15, 0.2) is 0 Å². The van der Waals surface area contributed by atoms with Gasteiger partial charge in [0.25, 0.3) is 0 Å². The second-order valence-electron chi connectivity index (χ2n) is 3.17. The quantitative estimate of drug-likeness (QED) is 0.414. The van der Waals surface area contributed by atoms with Crippen molar-refractivity contribution in [3.05, 3.63) is 24.4 Å². The van der Waals surface area contributed by atoms with Crippen LogP contribution < -0.4 is 0 Å². The van der Waals surface area contributed by atoms with E-state index in [-0.39, 0.29) is 17.1 Å². The van der Waals surface area contributed by atoms with Crippen molar-refractivity contribution in [2.75, 3.05) is 13.1 Å². The minimum Gasteiger partial charge on any atom is -0.405 e. The summed E-state index contributed by atoms with van der Waals surface area (Å²) in [5, 5.41) is 0. The summed E-state index contributed by atoms with van der Waals surface area (Å²) in [4.78, 5) is 2.24. The molecular formula is C9H12FeN-. The van der Waals surface area contributed by atoms with Crippen molar-refractivity contribution < 1.29 is 17.1 Å². The number of fused-ring (bicyclic) bond motifs is 3. The van der Waals surface area contributed by atoms with Crippen LogP contribution in [0, 0.1) is 12.5 Å². The third kappa shape index (κ3) is 1.25. The Bertz CT molecular complexity index is 168. The van der Waals surface area contributed by atoms with E-state index >= 15 is 0 Å². The Kier molecular flexibility index (Phi) is 2.46. The van der Waals surface area contributed by atoms with Crippen molar-refractivity contribution in [1.29, 1.82) is 0 Å². The summed E-state index contributed by atoms with van der Waals surface area (Å²) >= 11 is 0. The van der Waals surface area contributed by atoms with E-state index in [1.165, 1.54) is 18.4 Å². The average molecular weight is 190 g/mol. The molecule has 0 aromatic heterocycles. The van der Waals surface area contributed by atoms with Gasteiger partial charge < -0.3 is 4.90 Å². The van der Waals surface area contributed by atoms with Crippen molar-refractivity contribution in [3.8, 4) is 0 Å². The van der Waals surface area contributed by atoms with Crippen LogP contribution in [0.3, 0.4) is 0 Å². The molecule has 3 heterocycles. The minimum atomic E-state index is 0. The van der Waals surface area contributed by atoms with E-state index in [4.69, 9.17) is 6.58 Å². The van der Waals surface area contributed by atoms with Crippen LogP contribution in [-0.2, 0) is 17.1 Å². The molecule has 1 nitrogen and oxygen atoms in total. The monoisotopic (exact) mass is 190 g/mol. The largest absolute Gasteiger partial charge is 0.405 e. The summed E-state index contributed by atoms with van der Waals surface area (Å²) in [6, 6.07) is 0. The van der Waals surface area contributed by atoms with Crippen molar-refractivity contribution in [2.24, 2.45) is 5.92 Å². The molecule has 0 spiro atoms. The predicted molar refractivity (Wildman–Crippen MR) is 41.3 cm³/mol. The van der Waals surface area contributed by atoms with Gasteiger partial charge in [-0.2, -0.15) is 12.2 Å². The zero-order valence-electron chi connectivity index (χ0n) is 6.49. The molecule has 3 saturated heterocycles. The van der Waals surface area contributed by atoms with E-state index in [9.17, 15) is 0 Å². The molecule has 0 amide bonds. The normalized spacial score (nSPS) is 23.8. The molecule has 0 unspecified atom stereocenters. The van der Waals surface area contributed by atoms with Crippen LogP contribution >= 0.6 is 0 Å². The Balaban J connectivity index is 0.000000605. The Morgan fingerprint density at radius 2 is 1.91 bits per heavy atom. The van der Waals surface area contributed by atoms with Gasteiger partial charge in [0.2, 0.25) is 0 Å². The second-order valence-corrected chi connectivity index (χ2v) is 3.17. The molecule has 0 N–H and O–H groups in total. The average Bonchev–Trinajstić information content (AvgIpc) is 2.00. The van der Waals surface area contributed by atoms with Gasteiger partial charge in [-0.15, -0.1) is 5.70 Å². The fraction of sp³-hybridized carbons (Fsp3) is 0.556. The number of rotatable bonds is 0. The van der Waals surface area contributed by atoms with Gasteiger partial charge in [0.1, 0.15) is 0 Å². The van der Waals surface area contributed by atoms with E-state index in [2.05, 4.69) is 11.5 Å². The number of piperidine rings is 3. The number of hydrogen-bond acceptors (Lipinski definition) is 1. The second kappa shape index (κ2) is 3.04. The van der Waals surface area contributed by atoms with Gasteiger partial charge in [-0.3, -0.25) is 6.58 Å². The van der Waals surface area contributed by atoms with Gasteiger partial charge in [-0.05, 0) is 12.8 Å². The van der Waals surface area contributed by atoms with Crippen molar-refractivity contribution in [2.45, 2.75) is 12.8 Å². The zero-order chi connectivity index (χ0) is 7.14. The Hall–Kier alpha value is -0.201. The molecule has 2 bridgehead atoms. The molecule has 3 aliphatic heterocycles. The SMILES string of the molecule is [CH-]=C1C(=C)C2CCN1CC2.[Fe]. The third-order valence-electron chi connectivity index (χ3n) is 2.66. The van der Waals surface area contributed by atoms with Crippen LogP contribution in [0.5, 0.6) is 0 Å². The van der Waals surface area contributed by atoms with Crippen LogP contribution in [0.15, 0.2) is 17.8 Å². The van der Waals surface area contributed by atoms with Gasteiger partial charge in [0.05, 0.1) is 0 Å². The summed E-state index contributed by atoms with van der Waals surface area (Å²) in [5.41, 5.74) is 2.12. The number of allylic oxidation sites excluding steroid dienone is 1. The van der Waals surface area contributed by atoms with E-state index in [0.29, 0.717) is 5.92 Å².